The molecule has 3 fully saturated rings. The Morgan fingerprint density at radius 3 is 2.43 bits per heavy atom. The van der Waals surface area contributed by atoms with Gasteiger partial charge in [0.05, 0.1) is 10.5 Å². The molecule has 3 aliphatic rings. The van der Waals surface area contributed by atoms with Crippen LogP contribution in [0.15, 0.2) is 29.2 Å². The van der Waals surface area contributed by atoms with E-state index >= 15 is 0 Å². The molecule has 1 N–H and O–H groups in total. The van der Waals surface area contributed by atoms with Gasteiger partial charge in [0, 0.05) is 0 Å². The van der Waals surface area contributed by atoms with Gasteiger partial charge in [-0.05, 0) is 63.0 Å². The Labute approximate surface area is 125 Å². The largest absolute Gasteiger partial charge is 0.387 e. The molecule has 114 valence electrons. The lowest BCUT2D eigenvalue weighted by atomic mass is 9.84. The molecule has 3 saturated carbocycles. The van der Waals surface area contributed by atoms with E-state index in [0.717, 1.165) is 24.8 Å². The minimum atomic E-state index is -3.83. The molecule has 0 aromatic heterocycles. The molecule has 0 aliphatic heterocycles. The summed E-state index contributed by atoms with van der Waals surface area (Å²) < 4.78 is 30.9. The summed E-state index contributed by atoms with van der Waals surface area (Å²) in [4.78, 5) is 0.181. The van der Waals surface area contributed by atoms with Crippen molar-refractivity contribution in [3.05, 3.63) is 29.8 Å². The Morgan fingerprint density at radius 2 is 1.81 bits per heavy atom. The summed E-state index contributed by atoms with van der Waals surface area (Å²) in [5.74, 6) is 0.394. The van der Waals surface area contributed by atoms with Gasteiger partial charge in [-0.15, -0.1) is 0 Å². The zero-order chi connectivity index (χ0) is 14.9. The van der Waals surface area contributed by atoms with Crippen molar-refractivity contribution < 1.29 is 17.7 Å². The number of rotatable bonds is 3. The van der Waals surface area contributed by atoms with Crippen molar-refractivity contribution in [3.63, 3.8) is 0 Å². The molecular weight excluding hydrogens is 288 g/mol. The molecule has 4 unspecified atom stereocenters. The van der Waals surface area contributed by atoms with E-state index in [-0.39, 0.29) is 16.7 Å². The third kappa shape index (κ3) is 1.65. The van der Waals surface area contributed by atoms with Crippen LogP contribution < -0.4 is 0 Å². The van der Waals surface area contributed by atoms with E-state index < -0.39 is 21.3 Å². The van der Waals surface area contributed by atoms with E-state index in [1.54, 1.807) is 24.3 Å². The Bertz CT molecular complexity index is 681. The summed E-state index contributed by atoms with van der Waals surface area (Å²) in [5, 5.41) is 11.0. The minimum absolute atomic E-state index is 0.181. The van der Waals surface area contributed by atoms with E-state index in [2.05, 4.69) is 0 Å². The maximum Gasteiger partial charge on any atom is 0.297 e. The highest BCUT2D eigenvalue weighted by atomic mass is 32.2. The molecule has 0 heterocycles. The molecule has 4 atom stereocenters. The van der Waals surface area contributed by atoms with Gasteiger partial charge >= 0.3 is 0 Å². The quantitative estimate of drug-likeness (QED) is 0.871. The lowest BCUT2D eigenvalue weighted by Crippen LogP contribution is -2.49. The van der Waals surface area contributed by atoms with Crippen molar-refractivity contribution in [1.29, 1.82) is 0 Å². The average molecular weight is 308 g/mol. The minimum Gasteiger partial charge on any atom is -0.387 e. The second kappa shape index (κ2) is 4.09. The topological polar surface area (TPSA) is 63.6 Å². The zero-order valence-electron chi connectivity index (χ0n) is 12.1. The van der Waals surface area contributed by atoms with Crippen LogP contribution in [0.1, 0.15) is 37.7 Å². The Kier molecular flexibility index (Phi) is 2.67. The van der Waals surface area contributed by atoms with Crippen LogP contribution in [0.4, 0.5) is 0 Å². The maximum absolute atomic E-state index is 12.6. The summed E-state index contributed by atoms with van der Waals surface area (Å²) in [6.07, 6.45) is 3.97. The molecule has 1 aromatic rings. The van der Waals surface area contributed by atoms with Crippen LogP contribution in [0.25, 0.3) is 0 Å². The summed E-state index contributed by atoms with van der Waals surface area (Å²) in [6, 6.07) is 6.69. The van der Waals surface area contributed by atoms with Gasteiger partial charge in [0.15, 0.2) is 0 Å². The van der Waals surface area contributed by atoms with Gasteiger partial charge in [0.1, 0.15) is 5.60 Å². The molecule has 4 rings (SSSR count). The van der Waals surface area contributed by atoms with Crippen molar-refractivity contribution in [3.8, 4) is 0 Å². The molecule has 0 radical (unpaired) electrons. The van der Waals surface area contributed by atoms with Gasteiger partial charge in [0.25, 0.3) is 10.1 Å². The fourth-order valence-corrected chi connectivity index (χ4v) is 6.21. The highest BCUT2D eigenvalue weighted by molar-refractivity contribution is 7.86. The number of aliphatic hydroxyl groups is 1. The average Bonchev–Trinajstić information content (AvgIpc) is 2.94. The fourth-order valence-electron chi connectivity index (χ4n) is 4.89. The number of aryl methyl sites for hydroxylation is 1. The predicted molar refractivity (Wildman–Crippen MR) is 77.2 cm³/mol. The van der Waals surface area contributed by atoms with Gasteiger partial charge in [-0.1, -0.05) is 17.7 Å². The molecular formula is C16H20O4S. The van der Waals surface area contributed by atoms with Gasteiger partial charge in [0.2, 0.25) is 0 Å². The van der Waals surface area contributed by atoms with Crippen LogP contribution >= 0.6 is 0 Å². The Hall–Kier alpha value is -0.910. The third-order valence-corrected chi connectivity index (χ3v) is 7.31. The second-order valence-corrected chi connectivity index (χ2v) is 8.42. The Balaban J connectivity index is 1.71. The highest BCUT2D eigenvalue weighted by Gasteiger charge is 2.74. The van der Waals surface area contributed by atoms with Gasteiger partial charge in [-0.25, -0.2) is 0 Å². The molecule has 21 heavy (non-hydrogen) atoms. The monoisotopic (exact) mass is 308 g/mol. The van der Waals surface area contributed by atoms with Crippen LogP contribution in [-0.4, -0.2) is 24.7 Å². The lowest BCUT2D eigenvalue weighted by Gasteiger charge is -2.35. The van der Waals surface area contributed by atoms with Crippen LogP contribution in [-0.2, 0) is 14.3 Å². The zero-order valence-corrected chi connectivity index (χ0v) is 12.9. The van der Waals surface area contributed by atoms with Crippen molar-refractivity contribution in [2.45, 2.75) is 55.1 Å². The van der Waals surface area contributed by atoms with E-state index in [1.807, 2.05) is 6.92 Å². The molecule has 5 heteroatoms. The summed E-state index contributed by atoms with van der Waals surface area (Å²) in [7, 11) is -3.83. The van der Waals surface area contributed by atoms with Crippen LogP contribution in [0.5, 0.6) is 0 Å². The van der Waals surface area contributed by atoms with Crippen molar-refractivity contribution in [2.75, 3.05) is 0 Å². The van der Waals surface area contributed by atoms with E-state index in [9.17, 15) is 13.5 Å². The predicted octanol–water partition coefficient (Wildman–Crippen LogP) is 2.39. The van der Waals surface area contributed by atoms with Crippen molar-refractivity contribution in [2.24, 2.45) is 11.8 Å². The summed E-state index contributed by atoms with van der Waals surface area (Å²) in [6.45, 7) is 1.91. The molecule has 4 nitrogen and oxygen atoms in total. The normalized spacial score (nSPS) is 40.9. The highest BCUT2D eigenvalue weighted by Crippen LogP contribution is 2.68. The van der Waals surface area contributed by atoms with E-state index in [4.69, 9.17) is 4.18 Å². The van der Waals surface area contributed by atoms with Gasteiger partial charge < -0.3 is 5.11 Å². The first kappa shape index (κ1) is 13.7. The van der Waals surface area contributed by atoms with Crippen LogP contribution in [0, 0.1) is 18.8 Å². The summed E-state index contributed by atoms with van der Waals surface area (Å²) in [5.41, 5.74) is -0.802. The molecule has 0 amide bonds. The second-order valence-electron chi connectivity index (χ2n) is 6.87. The van der Waals surface area contributed by atoms with Crippen molar-refractivity contribution in [1.82, 2.24) is 0 Å². The number of hydrogen-bond donors (Lipinski definition) is 1. The first-order valence-electron chi connectivity index (χ1n) is 7.62. The first-order valence-corrected chi connectivity index (χ1v) is 9.03. The molecule has 0 spiro atoms. The molecule has 1 aromatic carbocycles. The lowest BCUT2D eigenvalue weighted by molar-refractivity contribution is -0.0922. The fraction of sp³-hybridized carbons (Fsp3) is 0.625. The first-order chi connectivity index (χ1) is 9.87. The number of hydrogen-bond acceptors (Lipinski definition) is 4. The van der Waals surface area contributed by atoms with Crippen LogP contribution in [0.2, 0.25) is 0 Å². The van der Waals surface area contributed by atoms with Gasteiger partial charge in [-0.2, -0.15) is 8.42 Å². The van der Waals surface area contributed by atoms with Crippen LogP contribution in [0.3, 0.4) is 0 Å². The molecule has 3 aliphatic carbocycles. The number of benzene rings is 1. The van der Waals surface area contributed by atoms with E-state index in [1.165, 1.54) is 0 Å². The maximum atomic E-state index is 12.6. The Morgan fingerprint density at radius 1 is 1.14 bits per heavy atom. The SMILES string of the molecule is Cc1ccc(S(=O)(=O)OC23CCC4CC2CCC43O)cc1. The third-order valence-electron chi connectivity index (χ3n) is 5.94. The molecule has 4 bridgehead atoms. The van der Waals surface area contributed by atoms with Gasteiger partial charge in [-0.3, -0.25) is 4.18 Å². The molecule has 0 saturated heterocycles. The van der Waals surface area contributed by atoms with E-state index in [0.29, 0.717) is 12.8 Å². The van der Waals surface area contributed by atoms with Crippen molar-refractivity contribution >= 4 is 10.1 Å². The summed E-state index contributed by atoms with van der Waals surface area (Å²) >= 11 is 0. The smallest absolute Gasteiger partial charge is 0.297 e. The standard InChI is InChI=1S/C16H20O4S/c1-11-2-4-14(5-3-11)21(18,19)20-16-9-7-12-10-13(16)6-8-15(12,16)17/h2-5,12-13,17H,6-10H2,1H3.